The van der Waals surface area contributed by atoms with Crippen LogP contribution in [0.3, 0.4) is 0 Å². The number of imidazole rings is 1. The van der Waals surface area contributed by atoms with E-state index in [1.807, 2.05) is 54.7 Å². The number of nitrogens with one attached hydrogen (secondary N) is 1. The van der Waals surface area contributed by atoms with E-state index in [2.05, 4.69) is 49.3 Å². The molecule has 0 radical (unpaired) electrons. The number of benzene rings is 2. The predicted molar refractivity (Wildman–Crippen MR) is 158 cm³/mol. The zero-order valence-corrected chi connectivity index (χ0v) is 22.8. The molecule has 1 aliphatic rings. The molecule has 0 saturated carbocycles. The topological polar surface area (TPSA) is 125 Å². The van der Waals surface area contributed by atoms with Gasteiger partial charge in [0.15, 0.2) is 17.3 Å². The van der Waals surface area contributed by atoms with Gasteiger partial charge in [0.2, 0.25) is 5.78 Å². The van der Waals surface area contributed by atoms with Crippen LogP contribution in [-0.2, 0) is 6.54 Å². The Bertz CT molecular complexity index is 1840. The molecule has 0 amide bonds. The van der Waals surface area contributed by atoms with Gasteiger partial charge in [-0.15, -0.1) is 0 Å². The highest BCUT2D eigenvalue weighted by molar-refractivity contribution is 5.87. The number of carboxylic acid groups (broad SMARTS) is 1. The van der Waals surface area contributed by atoms with E-state index < -0.39 is 5.97 Å². The fraction of sp³-hybridized carbons (Fsp3) is 0.188. The number of aromatic nitrogens is 7. The average Bonchev–Trinajstić information content (AvgIpc) is 3.70. The number of hydrogen-bond acceptors (Lipinski definition) is 7. The van der Waals surface area contributed by atoms with Crippen molar-refractivity contribution in [3.8, 4) is 33.9 Å². The van der Waals surface area contributed by atoms with Crippen LogP contribution in [0, 0.1) is 0 Å². The Labute approximate surface area is 241 Å². The smallest absolute Gasteiger partial charge is 0.356 e. The van der Waals surface area contributed by atoms with E-state index in [0.29, 0.717) is 17.5 Å². The minimum absolute atomic E-state index is 0.0329. The third-order valence-electron chi connectivity index (χ3n) is 7.75. The van der Waals surface area contributed by atoms with Crippen molar-refractivity contribution in [2.24, 2.45) is 0 Å². The molecule has 1 aliphatic heterocycles. The maximum Gasteiger partial charge on any atom is 0.356 e. The monoisotopic (exact) mass is 556 g/mol. The van der Waals surface area contributed by atoms with Crippen LogP contribution in [0.15, 0.2) is 91.4 Å². The predicted octanol–water partition coefficient (Wildman–Crippen LogP) is 5.32. The first kappa shape index (κ1) is 25.7. The van der Waals surface area contributed by atoms with Crippen molar-refractivity contribution in [2.75, 3.05) is 13.1 Å². The van der Waals surface area contributed by atoms with E-state index in [4.69, 9.17) is 9.97 Å². The van der Waals surface area contributed by atoms with E-state index >= 15 is 0 Å². The summed E-state index contributed by atoms with van der Waals surface area (Å²) in [6.07, 6.45) is 7.16. The van der Waals surface area contributed by atoms with Crippen molar-refractivity contribution in [1.82, 2.24) is 39.4 Å². The Hall–Kier alpha value is -5.22. The van der Waals surface area contributed by atoms with Gasteiger partial charge < -0.3 is 5.11 Å². The van der Waals surface area contributed by atoms with Crippen molar-refractivity contribution < 1.29 is 9.90 Å². The molecular formula is C32H28N8O2. The molecule has 10 heteroatoms. The number of aromatic carboxylic acids is 1. The molecule has 2 N–H and O–H groups in total. The second-order valence-corrected chi connectivity index (χ2v) is 10.5. The fourth-order valence-electron chi connectivity index (χ4n) is 5.52. The molecule has 6 aromatic rings. The molecule has 1 fully saturated rings. The van der Waals surface area contributed by atoms with E-state index in [-0.39, 0.29) is 5.69 Å². The van der Waals surface area contributed by atoms with Gasteiger partial charge in [-0.3, -0.25) is 19.4 Å². The molecule has 208 valence electrons. The number of nitrogens with zero attached hydrogens (tertiary/aromatic N) is 7. The molecule has 0 unspecified atom stereocenters. The Morgan fingerprint density at radius 1 is 0.881 bits per heavy atom. The molecule has 0 bridgehead atoms. The quantitative estimate of drug-likeness (QED) is 0.271. The van der Waals surface area contributed by atoms with E-state index in [1.54, 1.807) is 10.6 Å². The summed E-state index contributed by atoms with van der Waals surface area (Å²) in [5, 5.41) is 17.0. The van der Waals surface area contributed by atoms with Crippen molar-refractivity contribution in [1.29, 1.82) is 0 Å². The molecule has 0 atom stereocenters. The molecule has 4 aromatic heterocycles. The highest BCUT2D eigenvalue weighted by Gasteiger charge is 2.24. The average molecular weight is 557 g/mol. The minimum Gasteiger partial charge on any atom is -0.476 e. The SMILES string of the molecule is O=C(O)c1cn2cc(-c3ccccc3)c(-c3ccc(CN4CCC(c5n[nH]c(-c6ccccn6)n5)CC4)cc3)nc2n1. The molecule has 2 aromatic carbocycles. The van der Waals surface area contributed by atoms with Crippen molar-refractivity contribution in [2.45, 2.75) is 25.3 Å². The standard InChI is InChI=1S/C32H28N8O2/c41-31(42)27-20-40-19-25(22-6-2-1-3-7-22)28(35-32(40)34-27)23-11-9-21(10-12-23)18-39-16-13-24(14-17-39)29-36-30(38-37-29)26-8-4-5-15-33-26/h1-12,15,19-20,24H,13-14,16-18H2,(H,41,42)(H,36,37,38). The number of rotatable bonds is 7. The number of H-pyrrole nitrogens is 1. The zero-order chi connectivity index (χ0) is 28.5. The van der Waals surface area contributed by atoms with Gasteiger partial charge in [0.25, 0.3) is 0 Å². The van der Waals surface area contributed by atoms with E-state index in [1.165, 1.54) is 11.8 Å². The number of carboxylic acids is 1. The van der Waals surface area contributed by atoms with Crippen molar-refractivity contribution >= 4 is 11.7 Å². The lowest BCUT2D eigenvalue weighted by molar-refractivity contribution is 0.0691. The third kappa shape index (κ3) is 5.15. The molecule has 5 heterocycles. The van der Waals surface area contributed by atoms with Crippen LogP contribution in [-0.4, -0.2) is 63.6 Å². The van der Waals surface area contributed by atoms with Crippen LogP contribution >= 0.6 is 0 Å². The van der Waals surface area contributed by atoms with Crippen LogP contribution in [0.25, 0.3) is 39.7 Å². The maximum absolute atomic E-state index is 11.5. The summed E-state index contributed by atoms with van der Waals surface area (Å²) in [5.74, 6) is 1.19. The molecule has 10 nitrogen and oxygen atoms in total. The number of hydrogen-bond donors (Lipinski definition) is 2. The van der Waals surface area contributed by atoms with E-state index in [0.717, 1.165) is 66.4 Å². The van der Waals surface area contributed by atoms with Crippen LogP contribution in [0.4, 0.5) is 0 Å². The summed E-state index contributed by atoms with van der Waals surface area (Å²) < 4.78 is 1.67. The van der Waals surface area contributed by atoms with Crippen LogP contribution < -0.4 is 0 Å². The molecule has 7 rings (SSSR count). The van der Waals surface area contributed by atoms with Gasteiger partial charge in [0.1, 0.15) is 5.69 Å². The summed E-state index contributed by atoms with van der Waals surface area (Å²) in [5.41, 5.74) is 5.62. The second kappa shape index (κ2) is 11.0. The number of carbonyl (C=O) groups is 1. The van der Waals surface area contributed by atoms with Gasteiger partial charge in [-0.25, -0.2) is 19.7 Å². The molecular weight excluding hydrogens is 528 g/mol. The molecule has 0 aliphatic carbocycles. The highest BCUT2D eigenvalue weighted by atomic mass is 16.4. The maximum atomic E-state index is 11.5. The minimum atomic E-state index is -1.08. The first-order valence-corrected chi connectivity index (χ1v) is 13.9. The Kier molecular flexibility index (Phi) is 6.73. The molecule has 42 heavy (non-hydrogen) atoms. The second-order valence-electron chi connectivity index (χ2n) is 10.5. The Balaban J connectivity index is 1.06. The summed E-state index contributed by atoms with van der Waals surface area (Å²) in [7, 11) is 0. The highest BCUT2D eigenvalue weighted by Crippen LogP contribution is 2.32. The first-order chi connectivity index (χ1) is 20.6. The van der Waals surface area contributed by atoms with Crippen molar-refractivity contribution in [3.63, 3.8) is 0 Å². The van der Waals surface area contributed by atoms with Crippen molar-refractivity contribution in [3.05, 3.63) is 108 Å². The van der Waals surface area contributed by atoms with Gasteiger partial charge in [-0.2, -0.15) is 5.10 Å². The van der Waals surface area contributed by atoms with Gasteiger partial charge in [0.05, 0.1) is 5.69 Å². The molecule has 0 spiro atoms. The van der Waals surface area contributed by atoms with Crippen LogP contribution in [0.5, 0.6) is 0 Å². The normalized spacial score (nSPS) is 14.4. The summed E-state index contributed by atoms with van der Waals surface area (Å²) in [6, 6.07) is 24.2. The Morgan fingerprint density at radius 3 is 2.40 bits per heavy atom. The first-order valence-electron chi connectivity index (χ1n) is 13.9. The Morgan fingerprint density at radius 2 is 1.67 bits per heavy atom. The lowest BCUT2D eigenvalue weighted by Gasteiger charge is -2.30. The van der Waals surface area contributed by atoms with Gasteiger partial charge in [-0.05, 0) is 49.2 Å². The largest absolute Gasteiger partial charge is 0.476 e. The number of fused-ring (bicyclic) bond motifs is 1. The van der Waals surface area contributed by atoms with Gasteiger partial charge in [-0.1, -0.05) is 60.7 Å². The fourth-order valence-corrected chi connectivity index (χ4v) is 5.52. The number of piperidine rings is 1. The summed E-state index contributed by atoms with van der Waals surface area (Å²) >= 11 is 0. The molecule has 1 saturated heterocycles. The number of likely N-dealkylation sites (tertiary alicyclic amines) is 1. The lowest BCUT2D eigenvalue weighted by Crippen LogP contribution is -2.32. The zero-order valence-electron chi connectivity index (χ0n) is 22.8. The number of aromatic amines is 1. The van der Waals surface area contributed by atoms with Crippen LogP contribution in [0.2, 0.25) is 0 Å². The number of pyridine rings is 1. The van der Waals surface area contributed by atoms with Gasteiger partial charge in [0, 0.05) is 42.2 Å². The summed E-state index contributed by atoms with van der Waals surface area (Å²) in [6.45, 7) is 2.81. The van der Waals surface area contributed by atoms with Gasteiger partial charge >= 0.3 is 5.97 Å². The van der Waals surface area contributed by atoms with E-state index in [9.17, 15) is 9.90 Å². The summed E-state index contributed by atoms with van der Waals surface area (Å²) in [4.78, 5) is 32.1. The van der Waals surface area contributed by atoms with Crippen LogP contribution in [0.1, 0.15) is 40.6 Å². The third-order valence-corrected chi connectivity index (χ3v) is 7.75. The lowest BCUT2D eigenvalue weighted by atomic mass is 9.95.